The Balaban J connectivity index is 1.25. The predicted molar refractivity (Wildman–Crippen MR) is 165 cm³/mol. The highest BCUT2D eigenvalue weighted by molar-refractivity contribution is 6.33. The summed E-state index contributed by atoms with van der Waals surface area (Å²) in [5.41, 5.74) is 2.75. The van der Waals surface area contributed by atoms with Gasteiger partial charge in [-0.1, -0.05) is 48.9 Å². The number of cyclic esters (lactones) is 1. The molecule has 226 valence electrons. The molecule has 1 saturated heterocycles. The predicted octanol–water partition coefficient (Wildman–Crippen LogP) is 4.38. The average Bonchev–Trinajstić information content (AvgIpc) is 3.39. The summed E-state index contributed by atoms with van der Waals surface area (Å²) in [5.74, 6) is -1.69. The van der Waals surface area contributed by atoms with Gasteiger partial charge in [0.15, 0.2) is 5.60 Å². The molecule has 7 rings (SSSR count). The van der Waals surface area contributed by atoms with E-state index >= 15 is 0 Å². The van der Waals surface area contributed by atoms with Crippen LogP contribution in [0, 0.1) is 0 Å². The number of ether oxygens (including phenoxy) is 2. The number of anilines is 1. The van der Waals surface area contributed by atoms with E-state index in [0.29, 0.717) is 60.3 Å². The number of pyridine rings is 2. The van der Waals surface area contributed by atoms with Gasteiger partial charge in [-0.15, -0.1) is 0 Å². The van der Waals surface area contributed by atoms with Crippen molar-refractivity contribution < 1.29 is 24.2 Å². The molecule has 2 aromatic carbocycles. The van der Waals surface area contributed by atoms with E-state index in [9.17, 15) is 19.5 Å². The van der Waals surface area contributed by atoms with Crippen LogP contribution in [0.2, 0.25) is 5.02 Å². The number of rotatable bonds is 7. The molecule has 44 heavy (non-hydrogen) atoms. The van der Waals surface area contributed by atoms with Gasteiger partial charge in [-0.05, 0) is 36.8 Å². The standard InChI is InChI=1S/C33H31ClN4O6/c1-2-33(44-28(17-29(39)40)37-13-11-36(12-14-37)26-10-6-4-8-24(26)34)23-16-27-30-21(15-20-7-3-5-9-25(20)35-30)18-38(27)31(41)22(23)19-43-32(33)42/h3-10,15-16,28H,2,11-14,17-19H2,1H3,(H,39,40)/t28?,33-/m0/s1. The summed E-state index contributed by atoms with van der Waals surface area (Å²) in [6, 6.07) is 19.2. The maximum atomic E-state index is 13.9. The van der Waals surface area contributed by atoms with Gasteiger partial charge in [-0.25, -0.2) is 9.78 Å². The first-order valence-electron chi connectivity index (χ1n) is 14.8. The number of halogens is 1. The van der Waals surface area contributed by atoms with Crippen molar-refractivity contribution in [3.05, 3.63) is 92.7 Å². The zero-order valence-corrected chi connectivity index (χ0v) is 24.9. The smallest absolute Gasteiger partial charge is 0.343 e. The van der Waals surface area contributed by atoms with Gasteiger partial charge in [-0.2, -0.15) is 0 Å². The normalized spacial score (nSPS) is 20.1. The van der Waals surface area contributed by atoms with Crippen LogP contribution in [0.3, 0.4) is 0 Å². The summed E-state index contributed by atoms with van der Waals surface area (Å²) in [6.07, 6.45) is -1.14. The van der Waals surface area contributed by atoms with E-state index in [0.717, 1.165) is 22.2 Å². The minimum absolute atomic E-state index is 0.148. The number of aromatic nitrogens is 2. The van der Waals surface area contributed by atoms with Crippen LogP contribution >= 0.6 is 11.6 Å². The van der Waals surface area contributed by atoms with Crippen molar-refractivity contribution in [3.63, 3.8) is 0 Å². The number of fused-ring (bicyclic) bond motifs is 5. The Labute approximate surface area is 258 Å². The molecular formula is C33H31ClN4O6. The second kappa shape index (κ2) is 11.0. The Morgan fingerprint density at radius 1 is 1.09 bits per heavy atom. The number of benzene rings is 2. The van der Waals surface area contributed by atoms with Crippen molar-refractivity contribution in [2.75, 3.05) is 31.1 Å². The van der Waals surface area contributed by atoms with E-state index in [1.165, 1.54) is 0 Å². The Kier molecular flexibility index (Phi) is 7.15. The average molecular weight is 615 g/mol. The first-order valence-corrected chi connectivity index (χ1v) is 15.1. The Morgan fingerprint density at radius 3 is 2.59 bits per heavy atom. The van der Waals surface area contributed by atoms with Crippen molar-refractivity contribution in [1.29, 1.82) is 0 Å². The molecule has 0 aliphatic carbocycles. The van der Waals surface area contributed by atoms with E-state index in [4.69, 9.17) is 26.1 Å². The molecule has 1 N–H and O–H groups in total. The lowest BCUT2D eigenvalue weighted by Gasteiger charge is -2.44. The zero-order chi connectivity index (χ0) is 30.6. The molecule has 0 spiro atoms. The van der Waals surface area contributed by atoms with Crippen molar-refractivity contribution >= 4 is 40.1 Å². The number of para-hydroxylation sites is 2. The molecule has 11 heteroatoms. The fourth-order valence-electron chi connectivity index (χ4n) is 6.69. The molecule has 0 radical (unpaired) electrons. The van der Waals surface area contributed by atoms with E-state index in [1.54, 1.807) is 11.5 Å². The summed E-state index contributed by atoms with van der Waals surface area (Å²) < 4.78 is 13.9. The van der Waals surface area contributed by atoms with Crippen molar-refractivity contribution in [1.82, 2.24) is 14.5 Å². The first-order chi connectivity index (χ1) is 21.3. The number of aliphatic carboxylic acids is 1. The molecule has 10 nitrogen and oxygen atoms in total. The van der Waals surface area contributed by atoms with E-state index in [-0.39, 0.29) is 25.0 Å². The first kappa shape index (κ1) is 28.5. The summed E-state index contributed by atoms with van der Waals surface area (Å²) >= 11 is 6.43. The third kappa shape index (κ3) is 4.65. The van der Waals surface area contributed by atoms with Crippen LogP contribution in [0.4, 0.5) is 5.69 Å². The summed E-state index contributed by atoms with van der Waals surface area (Å²) in [4.78, 5) is 48.6. The number of hydrogen-bond donors (Lipinski definition) is 1. The lowest BCUT2D eigenvalue weighted by Crippen LogP contribution is -2.56. The monoisotopic (exact) mass is 614 g/mol. The number of nitrogens with zero attached hydrogens (tertiary/aromatic N) is 4. The molecule has 1 fully saturated rings. The molecule has 0 amide bonds. The summed E-state index contributed by atoms with van der Waals surface area (Å²) in [6.45, 7) is 4.13. The minimum atomic E-state index is -1.66. The number of esters is 1. The minimum Gasteiger partial charge on any atom is -0.481 e. The van der Waals surface area contributed by atoms with Crippen LogP contribution in [0.5, 0.6) is 0 Å². The topological polar surface area (TPSA) is 114 Å². The second-order valence-corrected chi connectivity index (χ2v) is 11.8. The van der Waals surface area contributed by atoms with Crippen molar-refractivity contribution in [2.45, 2.75) is 44.7 Å². The number of piperazine rings is 1. The van der Waals surface area contributed by atoms with Crippen molar-refractivity contribution in [3.8, 4) is 11.4 Å². The van der Waals surface area contributed by atoms with E-state index in [2.05, 4.69) is 4.90 Å². The molecule has 3 aliphatic heterocycles. The van der Waals surface area contributed by atoms with Crippen LogP contribution in [0.15, 0.2) is 65.5 Å². The van der Waals surface area contributed by atoms with Crippen LogP contribution in [0.1, 0.15) is 36.5 Å². The van der Waals surface area contributed by atoms with Gasteiger partial charge in [0, 0.05) is 42.7 Å². The Hall–Kier alpha value is -4.25. The van der Waals surface area contributed by atoms with Gasteiger partial charge >= 0.3 is 11.9 Å². The van der Waals surface area contributed by atoms with E-state index < -0.39 is 23.8 Å². The quantitative estimate of drug-likeness (QED) is 0.267. The van der Waals surface area contributed by atoms with Gasteiger partial charge in [0.05, 0.1) is 46.1 Å². The molecule has 3 aliphatic rings. The maximum Gasteiger partial charge on any atom is 0.343 e. The van der Waals surface area contributed by atoms with Gasteiger partial charge in [0.25, 0.3) is 5.56 Å². The second-order valence-electron chi connectivity index (χ2n) is 11.4. The Bertz CT molecular complexity index is 1870. The fraction of sp³-hybridized carbons (Fsp3) is 0.333. The fourth-order valence-corrected chi connectivity index (χ4v) is 6.95. The largest absolute Gasteiger partial charge is 0.481 e. The number of carboxylic acids is 1. The number of hydrogen-bond acceptors (Lipinski definition) is 8. The molecule has 2 aromatic heterocycles. The van der Waals surface area contributed by atoms with Crippen LogP contribution in [-0.2, 0) is 37.8 Å². The highest BCUT2D eigenvalue weighted by Crippen LogP contribution is 2.42. The van der Waals surface area contributed by atoms with Crippen LogP contribution in [0.25, 0.3) is 22.3 Å². The molecule has 4 aromatic rings. The van der Waals surface area contributed by atoms with Gasteiger partial charge < -0.3 is 24.0 Å². The highest BCUT2D eigenvalue weighted by atomic mass is 35.5. The lowest BCUT2D eigenvalue weighted by atomic mass is 9.85. The number of carbonyl (C=O) groups excluding carboxylic acids is 1. The summed E-state index contributed by atoms with van der Waals surface area (Å²) in [7, 11) is 0. The Morgan fingerprint density at radius 2 is 1.84 bits per heavy atom. The van der Waals surface area contributed by atoms with Crippen LogP contribution < -0.4 is 10.5 Å². The lowest BCUT2D eigenvalue weighted by molar-refractivity contribution is -0.210. The van der Waals surface area contributed by atoms with Gasteiger partial charge in [0.1, 0.15) is 12.8 Å². The molecule has 2 atom stereocenters. The van der Waals surface area contributed by atoms with Crippen LogP contribution in [-0.4, -0.2) is 63.9 Å². The van der Waals surface area contributed by atoms with Crippen molar-refractivity contribution in [2.24, 2.45) is 0 Å². The summed E-state index contributed by atoms with van der Waals surface area (Å²) in [5, 5.41) is 11.5. The molecule has 0 saturated carbocycles. The third-order valence-electron chi connectivity index (χ3n) is 8.99. The highest BCUT2D eigenvalue weighted by Gasteiger charge is 2.50. The molecular weight excluding hydrogens is 584 g/mol. The van der Waals surface area contributed by atoms with Gasteiger partial charge in [0.2, 0.25) is 0 Å². The SMILES string of the molecule is CC[C@@]1(OC(CC(=O)O)N2CCN(c3ccccc3Cl)CC2)C(=O)OCc2c1cc1n(c2=O)Cc2cc3ccccc3nc2-1. The number of carboxylic acid groups (broad SMARTS) is 1. The molecule has 1 unspecified atom stereocenters. The van der Waals surface area contributed by atoms with E-state index in [1.807, 2.05) is 65.6 Å². The number of carbonyl (C=O) groups is 2. The van der Waals surface area contributed by atoms with Gasteiger partial charge in [-0.3, -0.25) is 14.5 Å². The third-order valence-corrected chi connectivity index (χ3v) is 9.31. The maximum absolute atomic E-state index is 13.9. The molecule has 5 heterocycles. The molecule has 0 bridgehead atoms. The zero-order valence-electron chi connectivity index (χ0n) is 24.2.